The van der Waals surface area contributed by atoms with Crippen molar-refractivity contribution in [3.8, 4) is 0 Å². The van der Waals surface area contributed by atoms with Crippen LogP contribution in [0.5, 0.6) is 0 Å². The maximum Gasteiger partial charge on any atom is 0.326 e. The van der Waals surface area contributed by atoms with Crippen LogP contribution in [0.1, 0.15) is 141 Å². The van der Waals surface area contributed by atoms with E-state index >= 15 is 0 Å². The molecule has 0 unspecified atom stereocenters. The molecule has 72 heavy (non-hydrogen) atoms. The van der Waals surface area contributed by atoms with Crippen LogP contribution < -0.4 is 59.3 Å². The van der Waals surface area contributed by atoms with E-state index in [1.54, 1.807) is 41.5 Å². The number of nitrogens with one attached hydrogen (secondary N) is 9. The molecule has 0 aliphatic rings. The van der Waals surface area contributed by atoms with Crippen molar-refractivity contribution in [3.63, 3.8) is 0 Å². The van der Waals surface area contributed by atoms with Crippen molar-refractivity contribution in [1.29, 1.82) is 0 Å². The van der Waals surface area contributed by atoms with Gasteiger partial charge >= 0.3 is 11.9 Å². The normalized spacial score (nSPS) is 15.5. The van der Waals surface area contributed by atoms with Gasteiger partial charge in [-0.1, -0.05) is 75.7 Å². The summed E-state index contributed by atoms with van der Waals surface area (Å²) in [5.41, 5.74) is 11.7. The molecule has 0 rings (SSSR count). The van der Waals surface area contributed by atoms with Crippen molar-refractivity contribution < 1.29 is 63.0 Å². The molecule has 0 spiro atoms. The quantitative estimate of drug-likeness (QED) is 0.0348. The smallest absolute Gasteiger partial charge is 0.326 e. The molecule has 0 fully saturated rings. The average molecular weight is 1030 g/mol. The minimum absolute atomic E-state index is 0.0223. The summed E-state index contributed by atoms with van der Waals surface area (Å²) in [4.78, 5) is 144. The Bertz CT molecular complexity index is 1830. The third kappa shape index (κ3) is 26.5. The van der Waals surface area contributed by atoms with Crippen molar-refractivity contribution in [1.82, 2.24) is 47.9 Å². The molecule has 0 saturated carbocycles. The Hall–Kier alpha value is -5.91. The first-order chi connectivity index (χ1) is 33.4. The highest BCUT2D eigenvalue weighted by molar-refractivity contribution is 5.98. The number of carbonyl (C=O) groups excluding carboxylic acids is 9. The minimum Gasteiger partial charge on any atom is -0.481 e. The first-order valence-corrected chi connectivity index (χ1v) is 25.0. The van der Waals surface area contributed by atoms with Gasteiger partial charge in [0, 0.05) is 0 Å². The van der Waals surface area contributed by atoms with Crippen LogP contribution in [0.3, 0.4) is 0 Å². The van der Waals surface area contributed by atoms with Crippen LogP contribution in [0.2, 0.25) is 0 Å². The highest BCUT2D eigenvalue weighted by Gasteiger charge is 2.35. The first kappa shape index (κ1) is 66.1. The monoisotopic (exact) mass is 1030 g/mol. The predicted octanol–water partition coefficient (Wildman–Crippen LogP) is -0.733. The van der Waals surface area contributed by atoms with E-state index in [0.717, 1.165) is 0 Å². The third-order valence-electron chi connectivity index (χ3n) is 11.4. The SMILES string of the molecule is CC[C@H](C)[C@H](NC(=O)[C@H](CC(=O)O)NC(=O)[C@H](CC(C)C)NC(=O)CNC(=O)[C@H](C)NC(=O)[C@H](CC(C)C)NC(=O)[C@H](CCCCN)NC(=O)[C@H](CC(C)C)NC(=O)[C@H](C)NC(=O)[C@@H](N)CC(C)C)C(=O)O. The highest BCUT2D eigenvalue weighted by atomic mass is 16.4. The Kier molecular flexibility index (Phi) is 30.9. The van der Waals surface area contributed by atoms with E-state index in [1.165, 1.54) is 13.8 Å². The summed E-state index contributed by atoms with van der Waals surface area (Å²) in [6, 6.07) is -11.0. The third-order valence-corrected chi connectivity index (χ3v) is 11.4. The molecule has 0 aromatic carbocycles. The Balaban J connectivity index is 6.04. The van der Waals surface area contributed by atoms with Crippen LogP contribution in [0, 0.1) is 29.6 Å². The molecular weight excluding hydrogens is 939 g/mol. The highest BCUT2D eigenvalue weighted by Crippen LogP contribution is 2.13. The van der Waals surface area contributed by atoms with E-state index < -0.39 is 138 Å². The number of hydrogen-bond acceptors (Lipinski definition) is 13. The summed E-state index contributed by atoms with van der Waals surface area (Å²) in [7, 11) is 0. The van der Waals surface area contributed by atoms with Gasteiger partial charge in [0.2, 0.25) is 53.2 Å². The number of rotatable bonds is 35. The summed E-state index contributed by atoms with van der Waals surface area (Å²) in [5, 5.41) is 41.7. The van der Waals surface area contributed by atoms with Crippen LogP contribution in [-0.4, -0.2) is 143 Å². The van der Waals surface area contributed by atoms with Crippen molar-refractivity contribution in [3.05, 3.63) is 0 Å². The molecular formula is C48H87N11O13. The lowest BCUT2D eigenvalue weighted by molar-refractivity contribution is -0.145. The number of carbonyl (C=O) groups is 11. The van der Waals surface area contributed by atoms with Crippen LogP contribution in [0.4, 0.5) is 0 Å². The van der Waals surface area contributed by atoms with Crippen molar-refractivity contribution in [2.75, 3.05) is 13.1 Å². The predicted molar refractivity (Wildman–Crippen MR) is 268 cm³/mol. The molecule has 0 radical (unpaired) electrons. The zero-order valence-electron chi connectivity index (χ0n) is 44.4. The van der Waals surface area contributed by atoms with Gasteiger partial charge in [-0.2, -0.15) is 0 Å². The Morgan fingerprint density at radius 1 is 0.458 bits per heavy atom. The molecule has 0 aliphatic heterocycles. The Morgan fingerprint density at radius 2 is 0.861 bits per heavy atom. The van der Waals surface area contributed by atoms with Crippen molar-refractivity contribution >= 4 is 65.1 Å². The number of carboxylic acids is 2. The van der Waals surface area contributed by atoms with Gasteiger partial charge in [0.25, 0.3) is 0 Å². The lowest BCUT2D eigenvalue weighted by Crippen LogP contribution is -2.59. The molecule has 0 saturated heterocycles. The number of amides is 9. The van der Waals surface area contributed by atoms with Gasteiger partial charge in [-0.05, 0) is 94.9 Å². The first-order valence-electron chi connectivity index (χ1n) is 25.0. The zero-order valence-corrected chi connectivity index (χ0v) is 44.4. The maximum absolute atomic E-state index is 13.9. The van der Waals surface area contributed by atoms with Crippen LogP contribution >= 0.6 is 0 Å². The van der Waals surface area contributed by atoms with Gasteiger partial charge in [-0.3, -0.25) is 47.9 Å². The Labute approximate surface area is 424 Å². The molecule has 0 heterocycles. The fourth-order valence-corrected chi connectivity index (χ4v) is 7.25. The maximum atomic E-state index is 13.9. The zero-order chi connectivity index (χ0) is 55.6. The summed E-state index contributed by atoms with van der Waals surface area (Å²) in [6.45, 7) is 20.3. The second-order valence-electron chi connectivity index (χ2n) is 20.3. The standard InChI is InChI=1S/C48H87N11O13/c1-13-28(10)39(48(71)72)59-47(70)36(22-38(61)62)58-45(68)33(19-25(4)5)54-37(60)23-51-40(63)29(11)53-44(67)34(20-26(6)7)57-43(66)32(16-14-15-17-49)55-46(69)35(21-27(8)9)56-41(64)30(12)52-42(65)31(50)18-24(2)3/h24-36,39H,13-23,49-50H2,1-12H3,(H,51,63)(H,52,65)(H,53,67)(H,54,60)(H,55,69)(H,56,64)(H,57,66)(H,58,68)(H,59,70)(H,61,62)(H,71,72)/t28-,29-,30-,31-,32-,33-,34-,35-,36-,39-/m0/s1. The molecule has 9 amide bonds. The molecule has 0 aromatic rings. The van der Waals surface area contributed by atoms with E-state index in [0.29, 0.717) is 32.2 Å². The fraction of sp³-hybridized carbons (Fsp3) is 0.771. The molecule has 0 aliphatic carbocycles. The molecule has 24 nitrogen and oxygen atoms in total. The summed E-state index contributed by atoms with van der Waals surface area (Å²) < 4.78 is 0. The van der Waals surface area contributed by atoms with Gasteiger partial charge < -0.3 is 69.5 Å². The average Bonchev–Trinajstić information content (AvgIpc) is 3.27. The number of aliphatic carboxylic acids is 2. The van der Waals surface area contributed by atoms with Gasteiger partial charge in [-0.15, -0.1) is 0 Å². The van der Waals surface area contributed by atoms with Gasteiger partial charge in [0.1, 0.15) is 48.3 Å². The van der Waals surface area contributed by atoms with E-state index in [-0.39, 0.29) is 49.4 Å². The minimum atomic E-state index is -1.69. The van der Waals surface area contributed by atoms with Gasteiger partial charge in [-0.25, -0.2) is 4.79 Å². The number of carboxylic acid groups (broad SMARTS) is 2. The van der Waals surface area contributed by atoms with Crippen molar-refractivity contribution in [2.45, 2.75) is 195 Å². The fourth-order valence-electron chi connectivity index (χ4n) is 7.25. The molecule has 10 atom stereocenters. The molecule has 0 aromatic heterocycles. The van der Waals surface area contributed by atoms with E-state index in [1.807, 2.05) is 27.7 Å². The van der Waals surface area contributed by atoms with Crippen LogP contribution in [0.25, 0.3) is 0 Å². The lowest BCUT2D eigenvalue weighted by atomic mass is 9.98. The van der Waals surface area contributed by atoms with Gasteiger partial charge in [0.05, 0.1) is 19.0 Å². The van der Waals surface area contributed by atoms with E-state index in [4.69, 9.17) is 11.5 Å². The molecule has 412 valence electrons. The molecule has 24 heteroatoms. The largest absolute Gasteiger partial charge is 0.481 e. The van der Waals surface area contributed by atoms with Crippen LogP contribution in [0.15, 0.2) is 0 Å². The molecule has 15 N–H and O–H groups in total. The topological polar surface area (TPSA) is 389 Å². The summed E-state index contributed by atoms with van der Waals surface area (Å²) >= 11 is 0. The Morgan fingerprint density at radius 3 is 1.32 bits per heavy atom. The number of nitrogens with two attached hydrogens (primary N) is 2. The van der Waals surface area contributed by atoms with E-state index in [9.17, 15) is 63.0 Å². The number of hydrogen-bond donors (Lipinski definition) is 13. The molecule has 0 bridgehead atoms. The second-order valence-corrected chi connectivity index (χ2v) is 20.3. The summed E-state index contributed by atoms with van der Waals surface area (Å²) in [5.74, 6) is -10.6. The lowest BCUT2D eigenvalue weighted by Gasteiger charge is -2.28. The van der Waals surface area contributed by atoms with Gasteiger partial charge in [0.15, 0.2) is 0 Å². The van der Waals surface area contributed by atoms with Crippen LogP contribution in [-0.2, 0) is 52.7 Å². The second kappa shape index (κ2) is 33.7. The number of unbranched alkanes of at least 4 members (excludes halogenated alkanes) is 1. The summed E-state index contributed by atoms with van der Waals surface area (Å²) in [6.07, 6.45) is 1.25. The van der Waals surface area contributed by atoms with Crippen molar-refractivity contribution in [2.24, 2.45) is 41.1 Å². The van der Waals surface area contributed by atoms with E-state index in [2.05, 4.69) is 47.9 Å².